The van der Waals surface area contributed by atoms with Crippen LogP contribution in [0.1, 0.15) is 60.1 Å². The van der Waals surface area contributed by atoms with E-state index in [9.17, 15) is 0 Å². The summed E-state index contributed by atoms with van der Waals surface area (Å²) in [6, 6.07) is 64.1. The van der Waals surface area contributed by atoms with Gasteiger partial charge in [-0.25, -0.2) is 0 Å². The fourth-order valence-corrected chi connectivity index (χ4v) is 7.29. The fraction of sp³-hybridized carbons (Fsp3) is 0.143. The molecule has 0 aliphatic heterocycles. The summed E-state index contributed by atoms with van der Waals surface area (Å²) < 4.78 is 0. The number of nitrogens with zero attached hydrogens (tertiary/aromatic N) is 2. The molecule has 0 aromatic heterocycles. The van der Waals surface area contributed by atoms with Crippen LogP contribution in [0.2, 0.25) is 0 Å². The van der Waals surface area contributed by atoms with Gasteiger partial charge in [0.1, 0.15) is 0 Å². The van der Waals surface area contributed by atoms with Gasteiger partial charge in [0.25, 0.3) is 0 Å². The highest BCUT2D eigenvalue weighted by molar-refractivity contribution is 5.91. The Morgan fingerprint density at radius 3 is 1.41 bits per heavy atom. The summed E-state index contributed by atoms with van der Waals surface area (Å²) in [6.45, 7) is 11.6. The minimum atomic E-state index is 0.751. The van der Waals surface area contributed by atoms with Crippen LogP contribution in [-0.4, -0.2) is 0 Å². The molecule has 0 saturated heterocycles. The first-order valence-corrected chi connectivity index (χ1v) is 20.6. The van der Waals surface area contributed by atoms with Crippen molar-refractivity contribution in [2.45, 2.75) is 54.0 Å². The van der Waals surface area contributed by atoms with E-state index in [2.05, 4.69) is 245 Å². The molecule has 0 atom stereocenters. The lowest BCUT2D eigenvalue weighted by atomic mass is 9.93. The van der Waals surface area contributed by atoms with Gasteiger partial charge in [0.2, 0.25) is 0 Å². The maximum atomic E-state index is 2.41. The van der Waals surface area contributed by atoms with E-state index in [-0.39, 0.29) is 0 Å². The Balaban J connectivity index is 1.14. The summed E-state index contributed by atoms with van der Waals surface area (Å²) in [5, 5.41) is 0. The van der Waals surface area contributed by atoms with Gasteiger partial charge in [0, 0.05) is 35.0 Å². The molecule has 0 aliphatic rings. The van der Waals surface area contributed by atoms with E-state index < -0.39 is 0 Å². The zero-order valence-electron chi connectivity index (χ0n) is 34.6. The van der Waals surface area contributed by atoms with E-state index in [1.165, 1.54) is 61.3 Å². The fourth-order valence-electron chi connectivity index (χ4n) is 7.29. The van der Waals surface area contributed by atoms with Crippen LogP contribution < -0.4 is 9.80 Å². The van der Waals surface area contributed by atoms with E-state index in [1.807, 2.05) is 0 Å². The van der Waals surface area contributed by atoms with Crippen LogP contribution in [0.5, 0.6) is 0 Å². The Hall–Kier alpha value is -6.64. The SMILES string of the molecule is CC\C=C/C=C(CC)/C(=C/c1ccc(N(Cc2ccc(-c3ccc(N(c4ccc(C)cc4)c4ccc(C)cc4)cc3)cc2)c2ccc(C)cc2)cc1)c1ccccc1. The van der Waals surface area contributed by atoms with Crippen LogP contribution in [0.15, 0.2) is 200 Å². The molecule has 2 nitrogen and oxygen atoms in total. The molecule has 0 aliphatic carbocycles. The minimum absolute atomic E-state index is 0.751. The number of hydrogen-bond acceptors (Lipinski definition) is 2. The molecule has 2 heteroatoms. The molecular formula is C56H54N2. The van der Waals surface area contributed by atoms with Crippen molar-refractivity contribution in [2.75, 3.05) is 9.80 Å². The van der Waals surface area contributed by atoms with E-state index in [1.54, 1.807) is 0 Å². The van der Waals surface area contributed by atoms with E-state index >= 15 is 0 Å². The van der Waals surface area contributed by atoms with Crippen LogP contribution in [0, 0.1) is 20.8 Å². The third kappa shape index (κ3) is 9.83. The first-order chi connectivity index (χ1) is 28.4. The van der Waals surface area contributed by atoms with Gasteiger partial charge in [-0.05, 0) is 139 Å². The topological polar surface area (TPSA) is 6.48 Å². The summed E-state index contributed by atoms with van der Waals surface area (Å²) >= 11 is 0. The second kappa shape index (κ2) is 19.0. The maximum absolute atomic E-state index is 2.41. The van der Waals surface area contributed by atoms with Gasteiger partial charge in [-0.15, -0.1) is 0 Å². The predicted octanol–water partition coefficient (Wildman–Crippen LogP) is 15.9. The van der Waals surface area contributed by atoms with Crippen molar-refractivity contribution in [1.82, 2.24) is 0 Å². The predicted molar refractivity (Wildman–Crippen MR) is 252 cm³/mol. The summed E-state index contributed by atoms with van der Waals surface area (Å²) in [7, 11) is 0. The smallest absolute Gasteiger partial charge is 0.0481 e. The lowest BCUT2D eigenvalue weighted by Gasteiger charge is -2.26. The number of benzene rings is 7. The van der Waals surface area contributed by atoms with Crippen LogP contribution in [-0.2, 0) is 6.54 Å². The van der Waals surface area contributed by atoms with Gasteiger partial charge in [0.15, 0.2) is 0 Å². The second-order valence-corrected chi connectivity index (χ2v) is 15.1. The van der Waals surface area contributed by atoms with Crippen molar-refractivity contribution < 1.29 is 0 Å². The normalized spacial score (nSPS) is 11.9. The average Bonchev–Trinajstić information content (AvgIpc) is 3.26. The summed E-state index contributed by atoms with van der Waals surface area (Å²) in [6.07, 6.45) is 11.0. The number of hydrogen-bond donors (Lipinski definition) is 0. The Morgan fingerprint density at radius 2 is 0.931 bits per heavy atom. The van der Waals surface area contributed by atoms with Gasteiger partial charge in [0.05, 0.1) is 0 Å². The first-order valence-electron chi connectivity index (χ1n) is 20.6. The van der Waals surface area contributed by atoms with E-state index in [0.29, 0.717) is 0 Å². The second-order valence-electron chi connectivity index (χ2n) is 15.1. The molecule has 0 saturated carbocycles. The molecule has 58 heavy (non-hydrogen) atoms. The van der Waals surface area contributed by atoms with Crippen molar-refractivity contribution in [2.24, 2.45) is 0 Å². The molecule has 0 bridgehead atoms. The molecule has 7 aromatic rings. The monoisotopic (exact) mass is 754 g/mol. The highest BCUT2D eigenvalue weighted by Crippen LogP contribution is 2.37. The highest BCUT2D eigenvalue weighted by atomic mass is 15.1. The molecular weight excluding hydrogens is 701 g/mol. The standard InChI is InChI=1S/C56H54N2/c1-6-8-10-13-47(7-2)56(50-14-11-9-12-15-50)40-45-24-36-52(37-25-45)57(51-30-16-42(3)17-31-51)41-46-22-26-48(27-23-46)49-28-38-55(39-29-49)58(53-32-18-43(4)19-33-53)54-34-20-44(5)21-35-54/h8-40H,6-7,41H2,1-5H3/b10-8-,47-13+,56-40-. The van der Waals surface area contributed by atoms with Crippen molar-refractivity contribution in [1.29, 1.82) is 0 Å². The molecule has 0 amide bonds. The zero-order chi connectivity index (χ0) is 40.3. The lowest BCUT2D eigenvalue weighted by molar-refractivity contribution is 0.975. The molecule has 0 fully saturated rings. The number of allylic oxidation sites excluding steroid dienone is 5. The number of aryl methyl sites for hydroxylation is 3. The Morgan fingerprint density at radius 1 is 0.483 bits per heavy atom. The van der Waals surface area contributed by atoms with Crippen molar-refractivity contribution in [3.8, 4) is 11.1 Å². The van der Waals surface area contributed by atoms with Gasteiger partial charge < -0.3 is 9.80 Å². The van der Waals surface area contributed by atoms with Crippen LogP contribution in [0.25, 0.3) is 22.8 Å². The molecule has 0 radical (unpaired) electrons. The number of anilines is 5. The lowest BCUT2D eigenvalue weighted by Crippen LogP contribution is -2.16. The molecule has 0 unspecified atom stereocenters. The highest BCUT2D eigenvalue weighted by Gasteiger charge is 2.15. The third-order valence-corrected chi connectivity index (χ3v) is 10.7. The van der Waals surface area contributed by atoms with Gasteiger partial charge in [-0.1, -0.05) is 164 Å². The van der Waals surface area contributed by atoms with Crippen LogP contribution in [0.4, 0.5) is 28.4 Å². The largest absolute Gasteiger partial charge is 0.337 e. The summed E-state index contributed by atoms with van der Waals surface area (Å²) in [5.41, 5.74) is 18.1. The molecule has 0 heterocycles. The Bertz CT molecular complexity index is 2410. The summed E-state index contributed by atoms with van der Waals surface area (Å²) in [5.74, 6) is 0. The maximum Gasteiger partial charge on any atom is 0.0481 e. The zero-order valence-corrected chi connectivity index (χ0v) is 34.6. The van der Waals surface area contributed by atoms with Crippen molar-refractivity contribution >= 4 is 40.1 Å². The van der Waals surface area contributed by atoms with Gasteiger partial charge in [-0.3, -0.25) is 0 Å². The van der Waals surface area contributed by atoms with Crippen molar-refractivity contribution in [3.63, 3.8) is 0 Å². The third-order valence-electron chi connectivity index (χ3n) is 10.7. The first kappa shape index (κ1) is 39.6. The molecule has 0 N–H and O–H groups in total. The van der Waals surface area contributed by atoms with Gasteiger partial charge in [-0.2, -0.15) is 0 Å². The molecule has 288 valence electrons. The minimum Gasteiger partial charge on any atom is -0.337 e. The quantitative estimate of drug-likeness (QED) is 0.0806. The van der Waals surface area contributed by atoms with Crippen molar-refractivity contribution in [3.05, 3.63) is 233 Å². The Kier molecular flexibility index (Phi) is 13.0. The van der Waals surface area contributed by atoms with Crippen LogP contribution >= 0.6 is 0 Å². The van der Waals surface area contributed by atoms with Gasteiger partial charge >= 0.3 is 0 Å². The van der Waals surface area contributed by atoms with E-state index in [4.69, 9.17) is 0 Å². The molecule has 0 spiro atoms. The van der Waals surface area contributed by atoms with Crippen LogP contribution in [0.3, 0.4) is 0 Å². The Labute approximate surface area is 346 Å². The van der Waals surface area contributed by atoms with E-state index in [0.717, 1.165) is 42.1 Å². The number of rotatable bonds is 14. The average molecular weight is 755 g/mol. The molecule has 7 rings (SSSR count). The summed E-state index contributed by atoms with van der Waals surface area (Å²) in [4.78, 5) is 4.73. The molecule has 7 aromatic carbocycles.